The van der Waals surface area contributed by atoms with Crippen LogP contribution < -0.4 is 5.32 Å². The lowest BCUT2D eigenvalue weighted by Gasteiger charge is -2.26. The second-order valence-electron chi connectivity index (χ2n) is 6.78. The van der Waals surface area contributed by atoms with Gasteiger partial charge in [-0.1, -0.05) is 20.3 Å². The highest BCUT2D eigenvalue weighted by atomic mass is 15.1. The van der Waals surface area contributed by atoms with Gasteiger partial charge in [-0.05, 0) is 76.4 Å². The van der Waals surface area contributed by atoms with Crippen molar-refractivity contribution in [2.45, 2.75) is 71.3 Å². The van der Waals surface area contributed by atoms with Crippen molar-refractivity contribution in [2.24, 2.45) is 11.8 Å². The first-order chi connectivity index (χ1) is 9.33. The molecular weight excluding hydrogens is 232 g/mol. The molecule has 2 atom stereocenters. The van der Waals surface area contributed by atoms with E-state index in [2.05, 4.69) is 24.1 Å². The van der Waals surface area contributed by atoms with E-state index >= 15 is 0 Å². The lowest BCUT2D eigenvalue weighted by atomic mass is 9.99. The van der Waals surface area contributed by atoms with E-state index in [1.54, 1.807) is 0 Å². The summed E-state index contributed by atoms with van der Waals surface area (Å²) in [5.41, 5.74) is 0. The summed E-state index contributed by atoms with van der Waals surface area (Å²) < 4.78 is 0. The minimum atomic E-state index is 0.823. The largest absolute Gasteiger partial charge is 0.314 e. The summed E-state index contributed by atoms with van der Waals surface area (Å²) in [4.78, 5) is 2.74. The minimum absolute atomic E-state index is 0.823. The number of nitrogens with one attached hydrogen (secondary N) is 1. The quantitative estimate of drug-likeness (QED) is 0.649. The van der Waals surface area contributed by atoms with Gasteiger partial charge in [0, 0.05) is 12.6 Å². The molecule has 2 aliphatic rings. The van der Waals surface area contributed by atoms with Crippen LogP contribution in [0.2, 0.25) is 0 Å². The van der Waals surface area contributed by atoms with Crippen LogP contribution in [0.4, 0.5) is 0 Å². The normalized spacial score (nSPS) is 27.3. The number of hydrogen-bond donors (Lipinski definition) is 1. The first-order valence-electron chi connectivity index (χ1n) is 8.79. The lowest BCUT2D eigenvalue weighted by molar-refractivity contribution is 0.233. The maximum Gasteiger partial charge on any atom is 0.00958 e. The minimum Gasteiger partial charge on any atom is -0.314 e. The Balaban J connectivity index is 1.68. The van der Waals surface area contributed by atoms with Gasteiger partial charge in [0.15, 0.2) is 0 Å². The predicted octanol–water partition coefficient (Wildman–Crippen LogP) is 3.67. The van der Waals surface area contributed by atoms with Crippen molar-refractivity contribution in [1.29, 1.82) is 0 Å². The summed E-state index contributed by atoms with van der Waals surface area (Å²) in [6, 6.07) is 0.823. The van der Waals surface area contributed by atoms with E-state index in [-0.39, 0.29) is 0 Å². The third-order valence-corrected chi connectivity index (χ3v) is 4.88. The molecule has 0 spiro atoms. The standard InChI is InChI=1S/C17H34N2/c1-3-11-18-17-7-5-6-16(17)10-13-19(12-4-2)14-15-8-9-15/h15-18H,3-14H2,1-2H3. The summed E-state index contributed by atoms with van der Waals surface area (Å²) in [5.74, 6) is 1.99. The lowest BCUT2D eigenvalue weighted by Crippen LogP contribution is -2.36. The summed E-state index contributed by atoms with van der Waals surface area (Å²) >= 11 is 0. The average Bonchev–Trinajstić information content (AvgIpc) is 3.11. The van der Waals surface area contributed by atoms with Crippen molar-refractivity contribution in [3.8, 4) is 0 Å². The molecule has 0 aromatic heterocycles. The molecule has 2 unspecified atom stereocenters. The van der Waals surface area contributed by atoms with Gasteiger partial charge < -0.3 is 10.2 Å². The molecule has 0 saturated heterocycles. The molecular formula is C17H34N2. The predicted molar refractivity (Wildman–Crippen MR) is 83.5 cm³/mol. The van der Waals surface area contributed by atoms with Crippen LogP contribution in [-0.2, 0) is 0 Å². The number of nitrogens with zero attached hydrogens (tertiary/aromatic N) is 1. The SMILES string of the molecule is CCCNC1CCCC1CCN(CCC)CC1CC1. The van der Waals surface area contributed by atoms with Gasteiger partial charge in [-0.2, -0.15) is 0 Å². The molecule has 112 valence electrons. The van der Waals surface area contributed by atoms with Gasteiger partial charge in [-0.15, -0.1) is 0 Å². The van der Waals surface area contributed by atoms with Crippen molar-refractivity contribution in [2.75, 3.05) is 26.2 Å². The Morgan fingerprint density at radius 1 is 1.00 bits per heavy atom. The molecule has 1 N–H and O–H groups in total. The summed E-state index contributed by atoms with van der Waals surface area (Å²) in [7, 11) is 0. The van der Waals surface area contributed by atoms with Gasteiger partial charge in [-0.3, -0.25) is 0 Å². The number of hydrogen-bond acceptors (Lipinski definition) is 2. The van der Waals surface area contributed by atoms with E-state index in [0.717, 1.165) is 17.9 Å². The van der Waals surface area contributed by atoms with Crippen molar-refractivity contribution >= 4 is 0 Å². The molecule has 0 bridgehead atoms. The zero-order valence-corrected chi connectivity index (χ0v) is 13.2. The molecule has 2 rings (SSSR count). The molecule has 0 amide bonds. The monoisotopic (exact) mass is 266 g/mol. The first-order valence-corrected chi connectivity index (χ1v) is 8.79. The fourth-order valence-electron chi connectivity index (χ4n) is 3.61. The van der Waals surface area contributed by atoms with E-state index in [9.17, 15) is 0 Å². The van der Waals surface area contributed by atoms with Gasteiger partial charge in [-0.25, -0.2) is 0 Å². The van der Waals surface area contributed by atoms with E-state index in [4.69, 9.17) is 0 Å². The zero-order chi connectivity index (χ0) is 13.5. The van der Waals surface area contributed by atoms with Gasteiger partial charge in [0.25, 0.3) is 0 Å². The second-order valence-corrected chi connectivity index (χ2v) is 6.78. The van der Waals surface area contributed by atoms with E-state index < -0.39 is 0 Å². The zero-order valence-electron chi connectivity index (χ0n) is 13.2. The second kappa shape index (κ2) is 8.26. The molecule has 0 aliphatic heterocycles. The summed E-state index contributed by atoms with van der Waals surface area (Å²) in [6.45, 7) is 9.85. The third kappa shape index (κ3) is 5.43. The van der Waals surface area contributed by atoms with Crippen LogP contribution in [0.25, 0.3) is 0 Å². The van der Waals surface area contributed by atoms with Crippen LogP contribution >= 0.6 is 0 Å². The van der Waals surface area contributed by atoms with Crippen molar-refractivity contribution in [3.05, 3.63) is 0 Å². The van der Waals surface area contributed by atoms with Crippen molar-refractivity contribution < 1.29 is 0 Å². The van der Waals surface area contributed by atoms with Gasteiger partial charge in [0.2, 0.25) is 0 Å². The topological polar surface area (TPSA) is 15.3 Å². The van der Waals surface area contributed by atoms with Crippen molar-refractivity contribution in [1.82, 2.24) is 10.2 Å². The number of rotatable bonds is 10. The van der Waals surface area contributed by atoms with Gasteiger partial charge in [0.1, 0.15) is 0 Å². The molecule has 2 nitrogen and oxygen atoms in total. The maximum absolute atomic E-state index is 3.77. The van der Waals surface area contributed by atoms with Crippen LogP contribution in [0.15, 0.2) is 0 Å². The molecule has 0 heterocycles. The summed E-state index contributed by atoms with van der Waals surface area (Å²) in [5, 5.41) is 3.77. The smallest absolute Gasteiger partial charge is 0.00958 e. The molecule has 2 fully saturated rings. The third-order valence-electron chi connectivity index (χ3n) is 4.88. The molecule has 0 aromatic carbocycles. The fraction of sp³-hybridized carbons (Fsp3) is 1.00. The Labute approximate surface area is 120 Å². The van der Waals surface area contributed by atoms with Crippen LogP contribution in [0, 0.1) is 11.8 Å². The Kier molecular flexibility index (Phi) is 6.66. The molecule has 19 heavy (non-hydrogen) atoms. The van der Waals surface area contributed by atoms with E-state index in [1.165, 1.54) is 77.5 Å². The van der Waals surface area contributed by atoms with E-state index in [0.29, 0.717) is 0 Å². The Morgan fingerprint density at radius 3 is 2.53 bits per heavy atom. The average molecular weight is 266 g/mol. The maximum atomic E-state index is 3.77. The van der Waals surface area contributed by atoms with Crippen LogP contribution in [-0.4, -0.2) is 37.1 Å². The molecule has 2 saturated carbocycles. The van der Waals surface area contributed by atoms with Gasteiger partial charge >= 0.3 is 0 Å². The Hall–Kier alpha value is -0.0800. The van der Waals surface area contributed by atoms with Crippen molar-refractivity contribution in [3.63, 3.8) is 0 Å². The summed E-state index contributed by atoms with van der Waals surface area (Å²) in [6.07, 6.45) is 11.3. The Bertz CT molecular complexity index is 237. The highest BCUT2D eigenvalue weighted by Gasteiger charge is 2.28. The van der Waals surface area contributed by atoms with E-state index in [1.807, 2.05) is 0 Å². The molecule has 0 aromatic rings. The Morgan fingerprint density at radius 2 is 1.84 bits per heavy atom. The van der Waals surface area contributed by atoms with Crippen LogP contribution in [0.3, 0.4) is 0 Å². The molecule has 2 heteroatoms. The van der Waals surface area contributed by atoms with Gasteiger partial charge in [0.05, 0.1) is 0 Å². The fourth-order valence-corrected chi connectivity index (χ4v) is 3.61. The van der Waals surface area contributed by atoms with Crippen LogP contribution in [0.1, 0.15) is 65.2 Å². The molecule has 2 aliphatic carbocycles. The highest BCUT2D eigenvalue weighted by Crippen LogP contribution is 2.31. The highest BCUT2D eigenvalue weighted by molar-refractivity contribution is 4.84. The molecule has 0 radical (unpaired) electrons. The van der Waals surface area contributed by atoms with Crippen LogP contribution in [0.5, 0.6) is 0 Å². The first kappa shape index (κ1) is 15.3.